The van der Waals surface area contributed by atoms with Crippen LogP contribution in [0.1, 0.15) is 5.56 Å². The van der Waals surface area contributed by atoms with Gasteiger partial charge in [0.1, 0.15) is 11.5 Å². The first-order valence-electron chi connectivity index (χ1n) is 9.90. The Labute approximate surface area is 181 Å². The zero-order chi connectivity index (χ0) is 22.3. The summed E-state index contributed by atoms with van der Waals surface area (Å²) < 4.78 is 47.8. The summed E-state index contributed by atoms with van der Waals surface area (Å²) in [5, 5.41) is 0.751. The van der Waals surface area contributed by atoms with Crippen LogP contribution in [0.2, 0.25) is 0 Å². The van der Waals surface area contributed by atoms with Gasteiger partial charge < -0.3 is 4.42 Å². The van der Waals surface area contributed by atoms with Crippen LogP contribution in [0, 0.1) is 0 Å². The number of nitrogens with zero attached hydrogens (tertiary/aromatic N) is 1. The monoisotopic (exact) mass is 431 g/mol. The average molecular weight is 431 g/mol. The van der Waals surface area contributed by atoms with Gasteiger partial charge in [0.25, 0.3) is 5.56 Å². The zero-order valence-electron chi connectivity index (χ0n) is 16.6. The van der Waals surface area contributed by atoms with Gasteiger partial charge in [-0.05, 0) is 36.4 Å². The van der Waals surface area contributed by atoms with Gasteiger partial charge in [-0.3, -0.25) is 9.36 Å². The number of para-hydroxylation sites is 2. The summed E-state index contributed by atoms with van der Waals surface area (Å²) in [6, 6.07) is 26.4. The molecule has 0 saturated carbocycles. The molecule has 2 heterocycles. The minimum atomic E-state index is -4.51. The molecule has 3 aromatic carbocycles. The molecule has 158 valence electrons. The predicted octanol–water partition coefficient (Wildman–Crippen LogP) is 6.94. The fourth-order valence-corrected chi connectivity index (χ4v) is 3.90. The number of hydrogen-bond acceptors (Lipinski definition) is 2. The van der Waals surface area contributed by atoms with Gasteiger partial charge in [-0.15, -0.1) is 0 Å². The standard InChI is InChI=1S/C26H16F3NO2/c27-26(28,29)21-12-6-4-11-19(21)23-14-15-24(32-23)20-16-25(31)30(17-8-2-1-3-9-17)22-13-7-5-10-18(20)22/h1-16H. The lowest BCUT2D eigenvalue weighted by Gasteiger charge is -2.13. The maximum atomic E-state index is 13.4. The summed E-state index contributed by atoms with van der Waals surface area (Å²) in [6.45, 7) is 0. The number of aromatic nitrogens is 1. The van der Waals surface area contributed by atoms with Crippen LogP contribution >= 0.6 is 0 Å². The summed E-state index contributed by atoms with van der Waals surface area (Å²) >= 11 is 0. The highest BCUT2D eigenvalue weighted by Gasteiger charge is 2.34. The first-order chi connectivity index (χ1) is 15.4. The van der Waals surface area contributed by atoms with Gasteiger partial charge in [0.2, 0.25) is 0 Å². The molecular weight excluding hydrogens is 415 g/mol. The predicted molar refractivity (Wildman–Crippen MR) is 118 cm³/mol. The summed E-state index contributed by atoms with van der Waals surface area (Å²) in [5.74, 6) is 0.412. The molecule has 5 aromatic rings. The van der Waals surface area contributed by atoms with Gasteiger partial charge in [0.05, 0.1) is 11.1 Å². The molecule has 0 aliphatic heterocycles. The second-order valence-corrected chi connectivity index (χ2v) is 7.29. The number of rotatable bonds is 3. The smallest absolute Gasteiger partial charge is 0.417 e. The van der Waals surface area contributed by atoms with E-state index >= 15 is 0 Å². The van der Waals surface area contributed by atoms with Gasteiger partial charge in [-0.1, -0.05) is 54.6 Å². The van der Waals surface area contributed by atoms with Crippen molar-refractivity contribution in [3.8, 4) is 28.3 Å². The molecule has 5 rings (SSSR count). The third-order valence-corrected chi connectivity index (χ3v) is 5.31. The van der Waals surface area contributed by atoms with E-state index in [1.807, 2.05) is 54.6 Å². The molecule has 0 N–H and O–H groups in total. The van der Waals surface area contributed by atoms with Crippen LogP contribution < -0.4 is 5.56 Å². The quantitative estimate of drug-likeness (QED) is 0.310. The van der Waals surface area contributed by atoms with Crippen molar-refractivity contribution in [2.45, 2.75) is 6.18 Å². The Morgan fingerprint density at radius 2 is 1.31 bits per heavy atom. The van der Waals surface area contributed by atoms with Crippen LogP contribution in [-0.4, -0.2) is 4.57 Å². The molecular formula is C26H16F3NO2. The highest BCUT2D eigenvalue weighted by Crippen LogP contribution is 2.39. The van der Waals surface area contributed by atoms with E-state index in [4.69, 9.17) is 4.42 Å². The van der Waals surface area contributed by atoms with E-state index < -0.39 is 11.7 Å². The molecule has 0 bridgehead atoms. The van der Waals surface area contributed by atoms with Crippen LogP contribution in [0.25, 0.3) is 39.2 Å². The van der Waals surface area contributed by atoms with Gasteiger partial charge in [-0.25, -0.2) is 0 Å². The van der Waals surface area contributed by atoms with Crippen molar-refractivity contribution < 1.29 is 17.6 Å². The number of benzene rings is 3. The molecule has 6 heteroatoms. The van der Waals surface area contributed by atoms with E-state index in [1.54, 1.807) is 10.6 Å². The molecule has 0 aliphatic rings. The van der Waals surface area contributed by atoms with Gasteiger partial charge >= 0.3 is 6.18 Å². The Balaban J connectivity index is 1.69. The van der Waals surface area contributed by atoms with E-state index in [1.165, 1.54) is 30.3 Å². The lowest BCUT2D eigenvalue weighted by molar-refractivity contribution is -0.137. The van der Waals surface area contributed by atoms with Gasteiger partial charge in [0, 0.05) is 28.3 Å². The first-order valence-corrected chi connectivity index (χ1v) is 9.90. The number of hydrogen-bond donors (Lipinski definition) is 0. The molecule has 0 radical (unpaired) electrons. The molecule has 0 unspecified atom stereocenters. The molecule has 0 amide bonds. The topological polar surface area (TPSA) is 35.1 Å². The SMILES string of the molecule is O=c1cc(-c2ccc(-c3ccccc3C(F)(F)F)o2)c2ccccc2n1-c1ccccc1. The number of alkyl halides is 3. The average Bonchev–Trinajstić information content (AvgIpc) is 3.28. The third-order valence-electron chi connectivity index (χ3n) is 5.31. The fraction of sp³-hybridized carbons (Fsp3) is 0.0385. The summed E-state index contributed by atoms with van der Waals surface area (Å²) in [6.07, 6.45) is -4.51. The second-order valence-electron chi connectivity index (χ2n) is 7.29. The Morgan fingerprint density at radius 3 is 2.06 bits per heavy atom. The number of fused-ring (bicyclic) bond motifs is 1. The lowest BCUT2D eigenvalue weighted by Crippen LogP contribution is -2.18. The highest BCUT2D eigenvalue weighted by atomic mass is 19.4. The first kappa shape index (κ1) is 19.9. The summed E-state index contributed by atoms with van der Waals surface area (Å²) in [5.41, 5.74) is 0.833. The van der Waals surface area contributed by atoms with E-state index in [2.05, 4.69) is 0 Å². The van der Waals surface area contributed by atoms with Crippen molar-refractivity contribution >= 4 is 10.9 Å². The zero-order valence-corrected chi connectivity index (χ0v) is 16.6. The van der Waals surface area contributed by atoms with Crippen molar-refractivity contribution in [1.29, 1.82) is 0 Å². The fourth-order valence-electron chi connectivity index (χ4n) is 3.90. The Hall–Kier alpha value is -4.06. The molecule has 0 saturated heterocycles. The Morgan fingerprint density at radius 1 is 0.688 bits per heavy atom. The van der Waals surface area contributed by atoms with E-state index in [0.717, 1.165) is 17.1 Å². The summed E-state index contributed by atoms with van der Waals surface area (Å²) in [7, 11) is 0. The van der Waals surface area contributed by atoms with Crippen molar-refractivity contribution in [3.05, 3.63) is 113 Å². The van der Waals surface area contributed by atoms with Crippen LogP contribution in [0.4, 0.5) is 13.2 Å². The van der Waals surface area contributed by atoms with E-state index in [9.17, 15) is 18.0 Å². The maximum absolute atomic E-state index is 13.4. The third kappa shape index (κ3) is 3.39. The van der Waals surface area contributed by atoms with E-state index in [-0.39, 0.29) is 16.9 Å². The van der Waals surface area contributed by atoms with E-state index in [0.29, 0.717) is 16.8 Å². The molecule has 0 atom stereocenters. The van der Waals surface area contributed by atoms with Crippen molar-refractivity contribution in [2.24, 2.45) is 0 Å². The lowest BCUT2D eigenvalue weighted by atomic mass is 10.0. The molecule has 3 nitrogen and oxygen atoms in total. The van der Waals surface area contributed by atoms with Gasteiger partial charge in [-0.2, -0.15) is 13.2 Å². The minimum Gasteiger partial charge on any atom is -0.456 e. The second kappa shape index (κ2) is 7.57. The van der Waals surface area contributed by atoms with Crippen LogP contribution in [0.5, 0.6) is 0 Å². The van der Waals surface area contributed by atoms with Crippen LogP contribution in [0.15, 0.2) is 106 Å². The van der Waals surface area contributed by atoms with Gasteiger partial charge in [0.15, 0.2) is 0 Å². The highest BCUT2D eigenvalue weighted by molar-refractivity contribution is 5.94. The van der Waals surface area contributed by atoms with Crippen molar-refractivity contribution in [1.82, 2.24) is 4.57 Å². The largest absolute Gasteiger partial charge is 0.456 e. The maximum Gasteiger partial charge on any atom is 0.417 e. The van der Waals surface area contributed by atoms with Crippen LogP contribution in [-0.2, 0) is 6.18 Å². The molecule has 0 fully saturated rings. The summed E-state index contributed by atoms with van der Waals surface area (Å²) in [4.78, 5) is 13.1. The number of pyridine rings is 1. The Bertz CT molecular complexity index is 1480. The molecule has 0 aliphatic carbocycles. The van der Waals surface area contributed by atoms with Crippen molar-refractivity contribution in [2.75, 3.05) is 0 Å². The molecule has 32 heavy (non-hydrogen) atoms. The normalized spacial score (nSPS) is 11.7. The Kier molecular flexibility index (Phi) is 4.70. The van der Waals surface area contributed by atoms with Crippen molar-refractivity contribution in [3.63, 3.8) is 0 Å². The molecule has 2 aromatic heterocycles. The number of furan rings is 1. The molecule has 0 spiro atoms. The minimum absolute atomic E-state index is 0.0480. The van der Waals surface area contributed by atoms with Crippen LogP contribution in [0.3, 0.4) is 0 Å². The number of halogens is 3.